The molecule has 1 aromatic heterocycles. The first-order chi connectivity index (χ1) is 8.18. The third kappa shape index (κ3) is 3.46. The van der Waals surface area contributed by atoms with Crippen LogP contribution >= 0.6 is 22.9 Å². The second-order valence-corrected chi connectivity index (χ2v) is 6.84. The molecule has 3 heteroatoms. The van der Waals surface area contributed by atoms with Crippen molar-refractivity contribution in [2.75, 3.05) is 0 Å². The smallest absolute Gasteiger partial charge is 0.0961 e. The maximum Gasteiger partial charge on any atom is 0.0961 e. The van der Waals surface area contributed by atoms with Gasteiger partial charge >= 0.3 is 0 Å². The van der Waals surface area contributed by atoms with Crippen molar-refractivity contribution in [1.82, 2.24) is 0 Å². The predicted molar refractivity (Wildman–Crippen MR) is 74.8 cm³/mol. The zero-order valence-corrected chi connectivity index (χ0v) is 12.0. The van der Waals surface area contributed by atoms with E-state index in [2.05, 4.69) is 6.07 Å². The van der Waals surface area contributed by atoms with Gasteiger partial charge in [0.2, 0.25) is 0 Å². The third-order valence-corrected chi connectivity index (χ3v) is 5.39. The average Bonchev–Trinajstić information content (AvgIpc) is 2.58. The van der Waals surface area contributed by atoms with Crippen molar-refractivity contribution in [3.63, 3.8) is 0 Å². The monoisotopic (exact) mass is 272 g/mol. The number of hydrogen-bond donors (Lipinski definition) is 1. The number of hydrogen-bond acceptors (Lipinski definition) is 2. The summed E-state index contributed by atoms with van der Waals surface area (Å²) >= 11 is 7.62. The Kier molecular flexibility index (Phi) is 4.89. The Bertz CT molecular complexity index is 334. The van der Waals surface area contributed by atoms with E-state index in [-0.39, 0.29) is 6.10 Å². The lowest BCUT2D eigenvalue weighted by Crippen LogP contribution is -2.13. The van der Waals surface area contributed by atoms with Gasteiger partial charge in [0, 0.05) is 4.88 Å². The molecule has 1 fully saturated rings. The number of halogens is 1. The minimum atomic E-state index is -0.302. The fourth-order valence-corrected chi connectivity index (χ4v) is 3.96. The van der Waals surface area contributed by atoms with Gasteiger partial charge in [-0.2, -0.15) is 0 Å². The van der Waals surface area contributed by atoms with Crippen LogP contribution in [0, 0.1) is 12.8 Å². The van der Waals surface area contributed by atoms with Crippen LogP contribution in [0.15, 0.2) is 6.07 Å². The quantitative estimate of drug-likeness (QED) is 0.794. The van der Waals surface area contributed by atoms with Crippen LogP contribution in [0.3, 0.4) is 0 Å². The second kappa shape index (κ2) is 6.21. The summed E-state index contributed by atoms with van der Waals surface area (Å²) in [6.45, 7) is 2.01. The molecule has 0 aromatic carbocycles. The molecule has 2 rings (SSSR count). The highest BCUT2D eigenvalue weighted by Crippen LogP contribution is 2.38. The SMILES string of the molecule is Cc1cc(C(O)C2CCCCCCC2)sc1Cl. The lowest BCUT2D eigenvalue weighted by molar-refractivity contribution is 0.0944. The van der Waals surface area contributed by atoms with Crippen molar-refractivity contribution in [3.8, 4) is 0 Å². The lowest BCUT2D eigenvalue weighted by atomic mass is 9.86. The molecule has 0 spiro atoms. The summed E-state index contributed by atoms with van der Waals surface area (Å²) < 4.78 is 0.824. The molecular formula is C14H21ClOS. The standard InChI is InChI=1S/C14H21ClOS/c1-10-9-12(17-14(10)15)13(16)11-7-5-3-2-4-6-8-11/h9,11,13,16H,2-8H2,1H3. The van der Waals surface area contributed by atoms with Gasteiger partial charge in [0.1, 0.15) is 0 Å². The first-order valence-corrected chi connectivity index (χ1v) is 7.82. The molecule has 0 aliphatic heterocycles. The lowest BCUT2D eigenvalue weighted by Gasteiger charge is -2.24. The molecule has 96 valence electrons. The molecule has 0 amide bonds. The van der Waals surface area contributed by atoms with Crippen LogP contribution in [-0.4, -0.2) is 5.11 Å². The molecule has 1 aliphatic carbocycles. The normalized spacial score (nSPS) is 20.9. The molecule has 0 saturated heterocycles. The van der Waals surface area contributed by atoms with Crippen LogP contribution in [0.4, 0.5) is 0 Å². The van der Waals surface area contributed by atoms with Crippen LogP contribution in [0.1, 0.15) is 61.5 Å². The van der Waals surface area contributed by atoms with E-state index >= 15 is 0 Å². The summed E-state index contributed by atoms with van der Waals surface area (Å²) in [5, 5.41) is 10.5. The van der Waals surface area contributed by atoms with E-state index in [1.165, 1.54) is 32.1 Å². The van der Waals surface area contributed by atoms with E-state index in [0.717, 1.165) is 27.6 Å². The Morgan fingerprint density at radius 3 is 2.35 bits per heavy atom. The highest BCUT2D eigenvalue weighted by molar-refractivity contribution is 7.16. The Balaban J connectivity index is 2.04. The first-order valence-electron chi connectivity index (χ1n) is 6.62. The minimum Gasteiger partial charge on any atom is -0.387 e. The van der Waals surface area contributed by atoms with Gasteiger partial charge in [-0.25, -0.2) is 0 Å². The molecular weight excluding hydrogens is 252 g/mol. The van der Waals surface area contributed by atoms with E-state index in [1.807, 2.05) is 6.92 Å². The molecule has 1 saturated carbocycles. The van der Waals surface area contributed by atoms with Crippen molar-refractivity contribution in [1.29, 1.82) is 0 Å². The molecule has 0 bridgehead atoms. The van der Waals surface area contributed by atoms with Gasteiger partial charge in [-0.3, -0.25) is 0 Å². The van der Waals surface area contributed by atoms with Crippen molar-refractivity contribution < 1.29 is 5.11 Å². The number of rotatable bonds is 2. The fourth-order valence-electron chi connectivity index (χ4n) is 2.67. The van der Waals surface area contributed by atoms with E-state index in [9.17, 15) is 5.11 Å². The van der Waals surface area contributed by atoms with E-state index in [4.69, 9.17) is 11.6 Å². The summed E-state index contributed by atoms with van der Waals surface area (Å²) in [5.41, 5.74) is 1.09. The molecule has 1 nitrogen and oxygen atoms in total. The highest BCUT2D eigenvalue weighted by Gasteiger charge is 2.23. The van der Waals surface area contributed by atoms with E-state index < -0.39 is 0 Å². The Labute approximate surface area is 113 Å². The van der Waals surface area contributed by atoms with Gasteiger partial charge in [-0.15, -0.1) is 11.3 Å². The van der Waals surface area contributed by atoms with Crippen LogP contribution in [0.25, 0.3) is 0 Å². The van der Waals surface area contributed by atoms with Crippen molar-refractivity contribution in [3.05, 3.63) is 20.8 Å². The molecule has 1 aliphatic rings. The third-order valence-electron chi connectivity index (χ3n) is 3.76. The first kappa shape index (κ1) is 13.4. The van der Waals surface area contributed by atoms with Crippen molar-refractivity contribution in [2.45, 2.75) is 58.0 Å². The number of aliphatic hydroxyl groups is 1. The number of aryl methyl sites for hydroxylation is 1. The molecule has 1 N–H and O–H groups in total. The molecule has 17 heavy (non-hydrogen) atoms. The molecule has 1 heterocycles. The summed E-state index contributed by atoms with van der Waals surface area (Å²) in [7, 11) is 0. The molecule has 0 radical (unpaired) electrons. The molecule has 1 atom stereocenters. The summed E-state index contributed by atoms with van der Waals surface area (Å²) in [5.74, 6) is 0.435. The second-order valence-electron chi connectivity index (χ2n) is 5.16. The fraction of sp³-hybridized carbons (Fsp3) is 0.714. The topological polar surface area (TPSA) is 20.2 Å². The van der Waals surface area contributed by atoms with Crippen LogP contribution in [0.5, 0.6) is 0 Å². The van der Waals surface area contributed by atoms with Gasteiger partial charge in [0.15, 0.2) is 0 Å². The maximum absolute atomic E-state index is 10.5. The predicted octanol–water partition coefficient (Wildman–Crippen LogP) is 5.10. The van der Waals surface area contributed by atoms with Crippen molar-refractivity contribution >= 4 is 22.9 Å². The Morgan fingerprint density at radius 2 is 1.82 bits per heavy atom. The largest absolute Gasteiger partial charge is 0.387 e. The van der Waals surface area contributed by atoms with Crippen LogP contribution in [-0.2, 0) is 0 Å². The van der Waals surface area contributed by atoms with Gasteiger partial charge in [-0.1, -0.05) is 43.7 Å². The van der Waals surface area contributed by atoms with E-state index in [1.54, 1.807) is 11.3 Å². The number of aliphatic hydroxyl groups excluding tert-OH is 1. The summed E-state index contributed by atoms with van der Waals surface area (Å²) in [6, 6.07) is 2.05. The maximum atomic E-state index is 10.5. The average molecular weight is 273 g/mol. The van der Waals surface area contributed by atoms with Gasteiger partial charge in [-0.05, 0) is 37.3 Å². The van der Waals surface area contributed by atoms with Crippen LogP contribution in [0.2, 0.25) is 4.34 Å². The zero-order valence-electron chi connectivity index (χ0n) is 10.4. The molecule has 1 unspecified atom stereocenters. The minimum absolute atomic E-state index is 0.302. The summed E-state index contributed by atoms with van der Waals surface area (Å²) in [6.07, 6.45) is 8.57. The van der Waals surface area contributed by atoms with Gasteiger partial charge in [0.25, 0.3) is 0 Å². The molecule has 1 aromatic rings. The zero-order chi connectivity index (χ0) is 12.3. The Morgan fingerprint density at radius 1 is 1.24 bits per heavy atom. The number of thiophene rings is 1. The van der Waals surface area contributed by atoms with Gasteiger partial charge in [0.05, 0.1) is 10.4 Å². The highest BCUT2D eigenvalue weighted by atomic mass is 35.5. The van der Waals surface area contributed by atoms with Gasteiger partial charge < -0.3 is 5.11 Å². The Hall–Kier alpha value is -0.0500. The summed E-state index contributed by atoms with van der Waals surface area (Å²) in [4.78, 5) is 1.05. The van der Waals surface area contributed by atoms with Crippen molar-refractivity contribution in [2.24, 2.45) is 5.92 Å². The van der Waals surface area contributed by atoms with E-state index in [0.29, 0.717) is 5.92 Å². The van der Waals surface area contributed by atoms with Crippen LogP contribution < -0.4 is 0 Å².